The molecule has 0 N–H and O–H groups in total. The van der Waals surface area contributed by atoms with E-state index in [1.807, 2.05) is 0 Å². The van der Waals surface area contributed by atoms with Crippen LogP contribution < -0.4 is 4.74 Å². The lowest BCUT2D eigenvalue weighted by atomic mass is 10.1. The molecule has 0 bridgehead atoms. The largest absolute Gasteiger partial charge is 0.496 e. The second-order valence-electron chi connectivity index (χ2n) is 3.42. The van der Waals surface area contributed by atoms with E-state index in [0.29, 0.717) is 17.0 Å². The first-order chi connectivity index (χ1) is 8.11. The van der Waals surface area contributed by atoms with E-state index < -0.39 is 4.92 Å². The number of hydrogen-bond acceptors (Lipinski definition) is 5. The smallest absolute Gasteiger partial charge is 0.273 e. The van der Waals surface area contributed by atoms with Crippen LogP contribution >= 0.6 is 0 Å². The Kier molecular flexibility index (Phi) is 2.73. The van der Waals surface area contributed by atoms with Crippen molar-refractivity contribution in [1.29, 1.82) is 0 Å². The normalized spacial score (nSPS) is 10.2. The summed E-state index contributed by atoms with van der Waals surface area (Å²) in [4.78, 5) is 10.2. The molecule has 2 rings (SSSR count). The van der Waals surface area contributed by atoms with Gasteiger partial charge in [-0.2, -0.15) is 0 Å². The van der Waals surface area contributed by atoms with Gasteiger partial charge < -0.3 is 4.74 Å². The number of benzene rings is 1. The van der Waals surface area contributed by atoms with E-state index in [2.05, 4.69) is 10.3 Å². The molecule has 0 aliphatic carbocycles. The average molecular weight is 234 g/mol. The number of non-ortho nitro benzene ring substituents is 1. The maximum atomic E-state index is 10.6. The molecule has 1 aromatic carbocycles. The molecular weight excluding hydrogens is 224 g/mol. The molecule has 7 heteroatoms. The number of methoxy groups -OCH3 is 1. The first-order valence-electron chi connectivity index (χ1n) is 4.81. The molecule has 0 atom stereocenters. The van der Waals surface area contributed by atoms with Crippen LogP contribution in [0.1, 0.15) is 0 Å². The van der Waals surface area contributed by atoms with E-state index in [1.165, 1.54) is 19.2 Å². The Hall–Kier alpha value is -2.44. The lowest BCUT2D eigenvalue weighted by Gasteiger charge is -2.04. The summed E-state index contributed by atoms with van der Waals surface area (Å²) in [5.41, 5.74) is 1.26. The maximum absolute atomic E-state index is 10.6. The number of nitro groups is 1. The van der Waals surface area contributed by atoms with Crippen LogP contribution in [-0.4, -0.2) is 27.0 Å². The van der Waals surface area contributed by atoms with Crippen LogP contribution in [0.25, 0.3) is 11.3 Å². The Balaban J connectivity index is 2.51. The molecule has 0 saturated carbocycles. The molecule has 0 unspecified atom stereocenters. The van der Waals surface area contributed by atoms with Gasteiger partial charge in [0.15, 0.2) is 0 Å². The average Bonchev–Trinajstić information content (AvgIpc) is 2.74. The number of hydrogen-bond donors (Lipinski definition) is 0. The van der Waals surface area contributed by atoms with Crippen LogP contribution in [0.15, 0.2) is 24.4 Å². The molecule has 1 heterocycles. The topological polar surface area (TPSA) is 83.1 Å². The SMILES string of the molecule is COc1cc([N+](=O)[O-])ccc1-c1cn(C)nn1. The van der Waals surface area contributed by atoms with Crippen LogP contribution in [0.3, 0.4) is 0 Å². The second-order valence-corrected chi connectivity index (χ2v) is 3.42. The minimum absolute atomic E-state index is 0.0190. The quantitative estimate of drug-likeness (QED) is 0.592. The zero-order valence-electron chi connectivity index (χ0n) is 9.32. The Labute approximate surface area is 96.8 Å². The first-order valence-corrected chi connectivity index (χ1v) is 4.81. The van der Waals surface area contributed by atoms with E-state index in [-0.39, 0.29) is 5.69 Å². The van der Waals surface area contributed by atoms with Crippen molar-refractivity contribution in [3.05, 3.63) is 34.5 Å². The molecule has 1 aromatic heterocycles. The molecule has 7 nitrogen and oxygen atoms in total. The third-order valence-corrected chi connectivity index (χ3v) is 2.27. The second kappa shape index (κ2) is 4.20. The van der Waals surface area contributed by atoms with Crippen LogP contribution in [0.2, 0.25) is 0 Å². The highest BCUT2D eigenvalue weighted by Crippen LogP contribution is 2.31. The summed E-state index contributed by atoms with van der Waals surface area (Å²) in [5, 5.41) is 18.4. The van der Waals surface area contributed by atoms with E-state index in [1.54, 1.807) is 24.0 Å². The van der Waals surface area contributed by atoms with Gasteiger partial charge in [0.2, 0.25) is 0 Å². The molecule has 17 heavy (non-hydrogen) atoms. The first kappa shape index (κ1) is 11.1. The highest BCUT2D eigenvalue weighted by atomic mass is 16.6. The molecule has 2 aromatic rings. The van der Waals surface area contributed by atoms with Crippen molar-refractivity contribution in [1.82, 2.24) is 15.0 Å². The monoisotopic (exact) mass is 234 g/mol. The minimum Gasteiger partial charge on any atom is -0.496 e. The van der Waals surface area contributed by atoms with Crippen molar-refractivity contribution in [3.63, 3.8) is 0 Å². The summed E-state index contributed by atoms with van der Waals surface area (Å²) >= 11 is 0. The molecule has 0 amide bonds. The van der Waals surface area contributed by atoms with Gasteiger partial charge in [0, 0.05) is 18.7 Å². The highest BCUT2D eigenvalue weighted by molar-refractivity contribution is 5.68. The summed E-state index contributed by atoms with van der Waals surface area (Å²) in [6, 6.07) is 4.37. The fraction of sp³-hybridized carbons (Fsp3) is 0.200. The fourth-order valence-electron chi connectivity index (χ4n) is 1.48. The van der Waals surface area contributed by atoms with E-state index in [0.717, 1.165) is 0 Å². The highest BCUT2D eigenvalue weighted by Gasteiger charge is 2.14. The van der Waals surface area contributed by atoms with Gasteiger partial charge in [0.1, 0.15) is 11.4 Å². The lowest BCUT2D eigenvalue weighted by Crippen LogP contribution is -1.92. The predicted molar refractivity (Wildman–Crippen MR) is 59.6 cm³/mol. The van der Waals surface area contributed by atoms with Gasteiger partial charge in [0.05, 0.1) is 24.3 Å². The van der Waals surface area contributed by atoms with Crippen molar-refractivity contribution < 1.29 is 9.66 Å². The van der Waals surface area contributed by atoms with Crippen molar-refractivity contribution in [2.24, 2.45) is 7.05 Å². The van der Waals surface area contributed by atoms with E-state index in [9.17, 15) is 10.1 Å². The fourth-order valence-corrected chi connectivity index (χ4v) is 1.48. The number of nitro benzene ring substituents is 1. The summed E-state index contributed by atoms with van der Waals surface area (Å²) in [6.07, 6.45) is 1.71. The van der Waals surface area contributed by atoms with Gasteiger partial charge in [-0.05, 0) is 6.07 Å². The third kappa shape index (κ3) is 2.07. The molecule has 0 fully saturated rings. The summed E-state index contributed by atoms with van der Waals surface area (Å²) < 4.78 is 6.67. The van der Waals surface area contributed by atoms with Crippen molar-refractivity contribution in [2.45, 2.75) is 0 Å². The van der Waals surface area contributed by atoms with Crippen LogP contribution in [-0.2, 0) is 7.05 Å². The van der Waals surface area contributed by atoms with Crippen molar-refractivity contribution in [2.75, 3.05) is 7.11 Å². The number of ether oxygens (including phenoxy) is 1. The number of rotatable bonds is 3. The summed E-state index contributed by atoms with van der Waals surface area (Å²) in [7, 11) is 3.20. The van der Waals surface area contributed by atoms with E-state index >= 15 is 0 Å². The third-order valence-electron chi connectivity index (χ3n) is 2.27. The van der Waals surface area contributed by atoms with Crippen LogP contribution in [0.4, 0.5) is 5.69 Å². The lowest BCUT2D eigenvalue weighted by molar-refractivity contribution is -0.384. The maximum Gasteiger partial charge on any atom is 0.273 e. The number of nitrogens with zero attached hydrogens (tertiary/aromatic N) is 4. The van der Waals surface area contributed by atoms with Gasteiger partial charge in [-0.25, -0.2) is 0 Å². The Bertz CT molecular complexity index is 564. The Morgan fingerprint density at radius 3 is 2.76 bits per heavy atom. The number of aromatic nitrogens is 3. The standard InChI is InChI=1S/C10H10N4O3/c1-13-6-9(11-12-13)8-4-3-7(14(15)16)5-10(8)17-2/h3-6H,1-2H3. The minimum atomic E-state index is -0.469. The molecule has 0 radical (unpaired) electrons. The van der Waals surface area contributed by atoms with Crippen LogP contribution in [0.5, 0.6) is 5.75 Å². The molecule has 0 aliphatic heterocycles. The number of aryl methyl sites for hydroxylation is 1. The van der Waals surface area contributed by atoms with Gasteiger partial charge in [-0.1, -0.05) is 5.21 Å². The Morgan fingerprint density at radius 1 is 1.47 bits per heavy atom. The van der Waals surface area contributed by atoms with Gasteiger partial charge in [0.25, 0.3) is 5.69 Å². The predicted octanol–water partition coefficient (Wildman–Crippen LogP) is 1.40. The van der Waals surface area contributed by atoms with Gasteiger partial charge in [-0.15, -0.1) is 5.10 Å². The molecule has 0 aliphatic rings. The van der Waals surface area contributed by atoms with E-state index in [4.69, 9.17) is 4.74 Å². The van der Waals surface area contributed by atoms with Crippen molar-refractivity contribution in [3.8, 4) is 17.0 Å². The summed E-state index contributed by atoms with van der Waals surface area (Å²) in [5.74, 6) is 0.403. The zero-order valence-corrected chi connectivity index (χ0v) is 9.32. The van der Waals surface area contributed by atoms with Gasteiger partial charge in [-0.3, -0.25) is 14.8 Å². The summed E-state index contributed by atoms with van der Waals surface area (Å²) in [6.45, 7) is 0. The molecule has 0 spiro atoms. The molecule has 0 saturated heterocycles. The molecule has 88 valence electrons. The van der Waals surface area contributed by atoms with Gasteiger partial charge >= 0.3 is 0 Å². The Morgan fingerprint density at radius 2 is 2.24 bits per heavy atom. The zero-order chi connectivity index (χ0) is 12.4. The van der Waals surface area contributed by atoms with Crippen molar-refractivity contribution >= 4 is 5.69 Å². The molecular formula is C10H10N4O3. The van der Waals surface area contributed by atoms with Crippen LogP contribution in [0, 0.1) is 10.1 Å².